The van der Waals surface area contributed by atoms with Gasteiger partial charge < -0.3 is 19.7 Å². The van der Waals surface area contributed by atoms with E-state index in [4.69, 9.17) is 9.72 Å². The van der Waals surface area contributed by atoms with Crippen molar-refractivity contribution in [1.82, 2.24) is 9.55 Å². The zero-order valence-corrected chi connectivity index (χ0v) is 16.3. The molecular weight excluding hydrogens is 326 g/mol. The van der Waals surface area contributed by atoms with E-state index in [0.29, 0.717) is 19.8 Å². The van der Waals surface area contributed by atoms with E-state index in [9.17, 15) is 5.11 Å². The van der Waals surface area contributed by atoms with Gasteiger partial charge in [-0.2, -0.15) is 0 Å². The molecule has 5 nitrogen and oxygen atoms in total. The number of aromatic nitrogens is 2. The predicted octanol–water partition coefficient (Wildman–Crippen LogP) is 4.32. The third kappa shape index (κ3) is 3.84. The molecule has 2 aromatic heterocycles. The van der Waals surface area contributed by atoms with E-state index in [2.05, 4.69) is 35.9 Å². The fourth-order valence-corrected chi connectivity index (χ4v) is 3.30. The van der Waals surface area contributed by atoms with Gasteiger partial charge in [-0.05, 0) is 46.8 Å². The van der Waals surface area contributed by atoms with Crippen LogP contribution in [0.2, 0.25) is 0 Å². The first kappa shape index (κ1) is 18.7. The molecule has 2 N–H and O–H groups in total. The molecule has 5 heteroatoms. The lowest BCUT2D eigenvalue weighted by Crippen LogP contribution is -2.27. The number of fused-ring (bicyclic) bond motifs is 3. The molecule has 0 radical (unpaired) electrons. The summed E-state index contributed by atoms with van der Waals surface area (Å²) < 4.78 is 7.88. The molecule has 0 unspecified atom stereocenters. The molecule has 3 rings (SSSR count). The number of hydrogen-bond acceptors (Lipinski definition) is 4. The lowest BCUT2D eigenvalue weighted by atomic mass is 10.1. The van der Waals surface area contributed by atoms with Gasteiger partial charge in [-0.1, -0.05) is 18.2 Å². The van der Waals surface area contributed by atoms with E-state index < -0.39 is 5.60 Å². The van der Waals surface area contributed by atoms with Crippen LogP contribution in [0.5, 0.6) is 0 Å². The van der Waals surface area contributed by atoms with Gasteiger partial charge in [-0.25, -0.2) is 4.98 Å². The normalized spacial score (nSPS) is 12.4. The summed E-state index contributed by atoms with van der Waals surface area (Å²) in [6.45, 7) is 11.5. The molecule has 3 aromatic rings. The van der Waals surface area contributed by atoms with Crippen LogP contribution < -0.4 is 5.32 Å². The van der Waals surface area contributed by atoms with Crippen LogP contribution in [0, 0.1) is 0 Å². The maximum absolute atomic E-state index is 10.5. The van der Waals surface area contributed by atoms with E-state index in [1.165, 1.54) is 0 Å². The van der Waals surface area contributed by atoms with Crippen LogP contribution >= 0.6 is 0 Å². The Kier molecular flexibility index (Phi) is 5.21. The van der Waals surface area contributed by atoms with Crippen LogP contribution in [-0.2, 0) is 17.9 Å². The molecule has 26 heavy (non-hydrogen) atoms. The molecule has 0 fully saturated rings. The van der Waals surface area contributed by atoms with Gasteiger partial charge in [0, 0.05) is 29.1 Å². The summed E-state index contributed by atoms with van der Waals surface area (Å²) >= 11 is 0. The van der Waals surface area contributed by atoms with Crippen molar-refractivity contribution in [2.45, 2.75) is 59.4 Å². The van der Waals surface area contributed by atoms with Gasteiger partial charge in [0.15, 0.2) is 0 Å². The minimum absolute atomic E-state index is 0.278. The Hall–Kier alpha value is -2.11. The van der Waals surface area contributed by atoms with Crippen molar-refractivity contribution in [3.8, 4) is 0 Å². The Balaban J connectivity index is 2.33. The van der Waals surface area contributed by atoms with E-state index in [1.54, 1.807) is 0 Å². The monoisotopic (exact) mass is 355 g/mol. The summed E-state index contributed by atoms with van der Waals surface area (Å²) in [5, 5.41) is 16.1. The summed E-state index contributed by atoms with van der Waals surface area (Å²) in [6.07, 6.45) is 0. The number of aliphatic hydroxyl groups is 1. The Labute approximate surface area is 155 Å². The van der Waals surface area contributed by atoms with Crippen LogP contribution in [0.3, 0.4) is 0 Å². The van der Waals surface area contributed by atoms with Gasteiger partial charge in [0.2, 0.25) is 0 Å². The molecule has 2 heterocycles. The molecule has 0 aliphatic heterocycles. The number of hydrogen-bond donors (Lipinski definition) is 2. The fourth-order valence-electron chi connectivity index (χ4n) is 3.30. The molecule has 0 atom stereocenters. The minimum atomic E-state index is -0.830. The number of anilines is 1. The maximum Gasteiger partial charge on any atom is 0.136 e. The fraction of sp³-hybridized carbons (Fsp3) is 0.476. The third-order valence-corrected chi connectivity index (χ3v) is 4.25. The molecule has 0 saturated heterocycles. The number of para-hydroxylation sites is 1. The van der Waals surface area contributed by atoms with Crippen molar-refractivity contribution in [2.24, 2.45) is 0 Å². The van der Waals surface area contributed by atoms with Gasteiger partial charge >= 0.3 is 0 Å². The zero-order chi connectivity index (χ0) is 18.9. The quantitative estimate of drug-likeness (QED) is 0.663. The Bertz CT molecular complexity index is 907. The lowest BCUT2D eigenvalue weighted by Gasteiger charge is -2.22. The van der Waals surface area contributed by atoms with Crippen LogP contribution in [0.15, 0.2) is 30.3 Å². The summed E-state index contributed by atoms with van der Waals surface area (Å²) in [5.74, 6) is 0.876. The van der Waals surface area contributed by atoms with Gasteiger partial charge in [0.1, 0.15) is 5.82 Å². The van der Waals surface area contributed by atoms with E-state index in [1.807, 2.05) is 39.0 Å². The second kappa shape index (κ2) is 7.25. The topological polar surface area (TPSA) is 59.3 Å². The van der Waals surface area contributed by atoms with Gasteiger partial charge in [0.05, 0.1) is 29.8 Å². The van der Waals surface area contributed by atoms with Crippen molar-refractivity contribution in [3.05, 3.63) is 36.0 Å². The Morgan fingerprint density at radius 3 is 2.62 bits per heavy atom. The Morgan fingerprint density at radius 1 is 1.23 bits per heavy atom. The number of nitrogens with zero attached hydrogens (tertiary/aromatic N) is 2. The van der Waals surface area contributed by atoms with Crippen LogP contribution in [-0.4, -0.2) is 32.9 Å². The predicted molar refractivity (Wildman–Crippen MR) is 108 cm³/mol. The summed E-state index contributed by atoms with van der Waals surface area (Å²) in [5.41, 5.74) is 2.26. The molecule has 0 aliphatic rings. The Morgan fingerprint density at radius 2 is 1.96 bits per heavy atom. The highest BCUT2D eigenvalue weighted by molar-refractivity contribution is 6.09. The molecule has 1 aromatic carbocycles. The van der Waals surface area contributed by atoms with Crippen LogP contribution in [0.25, 0.3) is 21.8 Å². The molecule has 140 valence electrons. The molecule has 0 spiro atoms. The van der Waals surface area contributed by atoms with Gasteiger partial charge in [0.25, 0.3) is 0 Å². The van der Waals surface area contributed by atoms with Crippen molar-refractivity contribution in [1.29, 1.82) is 0 Å². The van der Waals surface area contributed by atoms with E-state index in [-0.39, 0.29) is 6.04 Å². The summed E-state index contributed by atoms with van der Waals surface area (Å²) in [4.78, 5) is 4.85. The van der Waals surface area contributed by atoms with Crippen molar-refractivity contribution in [2.75, 3.05) is 11.9 Å². The van der Waals surface area contributed by atoms with Crippen LogP contribution in [0.1, 0.15) is 40.3 Å². The smallest absolute Gasteiger partial charge is 0.136 e. The van der Waals surface area contributed by atoms with Crippen molar-refractivity contribution < 1.29 is 9.84 Å². The lowest BCUT2D eigenvalue weighted by molar-refractivity contribution is 0.0589. The van der Waals surface area contributed by atoms with Gasteiger partial charge in [-0.3, -0.25) is 0 Å². The highest BCUT2D eigenvalue weighted by Crippen LogP contribution is 2.34. The van der Waals surface area contributed by atoms with Gasteiger partial charge in [-0.15, -0.1) is 0 Å². The average Bonchev–Trinajstić information content (AvgIpc) is 2.90. The largest absolute Gasteiger partial charge is 0.389 e. The number of benzene rings is 1. The summed E-state index contributed by atoms with van der Waals surface area (Å²) in [7, 11) is 0. The molecule has 0 bridgehead atoms. The highest BCUT2D eigenvalue weighted by atomic mass is 16.5. The average molecular weight is 355 g/mol. The minimum Gasteiger partial charge on any atom is -0.389 e. The first-order chi connectivity index (χ1) is 12.3. The molecule has 0 saturated carbocycles. The third-order valence-electron chi connectivity index (χ3n) is 4.25. The second-order valence-electron chi connectivity index (χ2n) is 7.71. The van der Waals surface area contributed by atoms with Crippen LogP contribution in [0.4, 0.5) is 5.82 Å². The molecule has 0 aliphatic carbocycles. The zero-order valence-electron chi connectivity index (χ0n) is 16.3. The van der Waals surface area contributed by atoms with E-state index in [0.717, 1.165) is 33.3 Å². The molecular formula is C21H29N3O2. The van der Waals surface area contributed by atoms with Crippen molar-refractivity contribution >= 4 is 27.6 Å². The number of ether oxygens (including phenoxy) is 1. The molecule has 0 amide bonds. The second-order valence-corrected chi connectivity index (χ2v) is 7.71. The standard InChI is InChI=1S/C21H29N3O2/c1-6-26-12-15-11-17-19(24(15)13-21(4,5)25)16-9-7-8-10-18(16)23-20(17)22-14(2)3/h7-11,14,25H,6,12-13H2,1-5H3,(H,22,23). The highest BCUT2D eigenvalue weighted by Gasteiger charge is 2.22. The summed E-state index contributed by atoms with van der Waals surface area (Å²) in [6, 6.07) is 10.6. The number of nitrogens with one attached hydrogen (secondary N) is 1. The first-order valence-electron chi connectivity index (χ1n) is 9.27. The number of rotatable bonds is 7. The van der Waals surface area contributed by atoms with E-state index >= 15 is 0 Å². The van der Waals surface area contributed by atoms with Crippen molar-refractivity contribution in [3.63, 3.8) is 0 Å². The SMILES string of the molecule is CCOCc1cc2c(NC(C)C)nc3ccccc3c2n1CC(C)(C)O. The number of pyridine rings is 1. The maximum atomic E-state index is 10.5. The first-order valence-corrected chi connectivity index (χ1v) is 9.27.